The fourth-order valence-electron chi connectivity index (χ4n) is 3.73. The maximum atomic E-state index is 9.70. The molecule has 94 valence electrons. The number of rotatable bonds is 4. The van der Waals surface area contributed by atoms with Crippen LogP contribution in [0.4, 0.5) is 0 Å². The van der Waals surface area contributed by atoms with E-state index in [1.54, 1.807) is 0 Å². The minimum Gasteiger partial charge on any atom is -0.396 e. The fourth-order valence-corrected chi connectivity index (χ4v) is 3.73. The molecule has 1 N–H and O–H groups in total. The summed E-state index contributed by atoms with van der Waals surface area (Å²) < 4.78 is 0. The van der Waals surface area contributed by atoms with Gasteiger partial charge in [0.1, 0.15) is 0 Å². The molecule has 16 heavy (non-hydrogen) atoms. The normalized spacial score (nSPS) is 34.7. The lowest BCUT2D eigenvalue weighted by Crippen LogP contribution is -2.44. The van der Waals surface area contributed by atoms with Gasteiger partial charge in [-0.1, -0.05) is 19.8 Å². The largest absolute Gasteiger partial charge is 0.396 e. The number of nitrogens with zero attached hydrogens (tertiary/aromatic N) is 1. The van der Waals surface area contributed by atoms with Crippen molar-refractivity contribution in [1.29, 1.82) is 0 Å². The van der Waals surface area contributed by atoms with Gasteiger partial charge in [-0.25, -0.2) is 0 Å². The van der Waals surface area contributed by atoms with E-state index in [0.717, 1.165) is 18.6 Å². The van der Waals surface area contributed by atoms with Crippen molar-refractivity contribution in [2.45, 2.75) is 70.9 Å². The van der Waals surface area contributed by atoms with E-state index in [-0.39, 0.29) is 5.41 Å². The van der Waals surface area contributed by atoms with Crippen LogP contribution >= 0.6 is 0 Å². The van der Waals surface area contributed by atoms with E-state index in [1.807, 2.05) is 0 Å². The lowest BCUT2D eigenvalue weighted by atomic mass is 9.86. The summed E-state index contributed by atoms with van der Waals surface area (Å²) in [7, 11) is 0. The van der Waals surface area contributed by atoms with Gasteiger partial charge in [0.2, 0.25) is 0 Å². The highest BCUT2D eigenvalue weighted by molar-refractivity contribution is 4.93. The van der Waals surface area contributed by atoms with Gasteiger partial charge in [0, 0.05) is 30.7 Å². The Kier molecular flexibility index (Phi) is 3.91. The van der Waals surface area contributed by atoms with Crippen molar-refractivity contribution in [1.82, 2.24) is 4.90 Å². The average Bonchev–Trinajstić information content (AvgIpc) is 2.89. The van der Waals surface area contributed by atoms with E-state index < -0.39 is 0 Å². The number of aliphatic hydroxyl groups is 1. The summed E-state index contributed by atoms with van der Waals surface area (Å²) in [5, 5.41) is 9.70. The molecule has 0 radical (unpaired) electrons. The summed E-state index contributed by atoms with van der Waals surface area (Å²) in [6.07, 6.45) is 9.09. The third-order valence-corrected chi connectivity index (χ3v) is 4.94. The first-order valence-corrected chi connectivity index (χ1v) is 7.07. The second-order valence-corrected chi connectivity index (χ2v) is 6.03. The summed E-state index contributed by atoms with van der Waals surface area (Å²) in [5.41, 5.74) is 0.242. The zero-order valence-electron chi connectivity index (χ0n) is 10.9. The molecule has 1 saturated carbocycles. The molecule has 2 aliphatic rings. The topological polar surface area (TPSA) is 23.5 Å². The fraction of sp³-hybridized carbons (Fsp3) is 1.00. The van der Waals surface area contributed by atoms with Crippen LogP contribution < -0.4 is 0 Å². The van der Waals surface area contributed by atoms with Crippen molar-refractivity contribution in [2.75, 3.05) is 13.2 Å². The molecule has 1 aliphatic carbocycles. The molecule has 0 aromatic carbocycles. The van der Waals surface area contributed by atoms with Gasteiger partial charge in [0.25, 0.3) is 0 Å². The van der Waals surface area contributed by atoms with Crippen LogP contribution in [-0.2, 0) is 0 Å². The SMILES string of the molecule is CCC1CCC(C)N1CC1(CO)CCCC1. The Hall–Kier alpha value is -0.0800. The Morgan fingerprint density at radius 2 is 1.94 bits per heavy atom. The number of likely N-dealkylation sites (tertiary alicyclic amines) is 1. The predicted molar refractivity (Wildman–Crippen MR) is 67.5 cm³/mol. The van der Waals surface area contributed by atoms with Crippen LogP contribution in [0.25, 0.3) is 0 Å². The maximum absolute atomic E-state index is 9.70. The molecule has 2 unspecified atom stereocenters. The van der Waals surface area contributed by atoms with Gasteiger partial charge in [0.15, 0.2) is 0 Å². The molecular formula is C14H27NO. The molecule has 0 amide bonds. The van der Waals surface area contributed by atoms with Gasteiger partial charge in [-0.3, -0.25) is 4.90 Å². The van der Waals surface area contributed by atoms with E-state index in [0.29, 0.717) is 6.61 Å². The zero-order chi connectivity index (χ0) is 11.6. The Bertz CT molecular complexity index is 223. The summed E-state index contributed by atoms with van der Waals surface area (Å²) in [6.45, 7) is 6.20. The molecule has 2 nitrogen and oxygen atoms in total. The van der Waals surface area contributed by atoms with Gasteiger partial charge in [-0.05, 0) is 39.0 Å². The Morgan fingerprint density at radius 3 is 2.50 bits per heavy atom. The highest BCUT2D eigenvalue weighted by atomic mass is 16.3. The summed E-state index contributed by atoms with van der Waals surface area (Å²) in [6, 6.07) is 1.51. The Morgan fingerprint density at radius 1 is 1.25 bits per heavy atom. The van der Waals surface area contributed by atoms with Gasteiger partial charge in [0.05, 0.1) is 0 Å². The highest BCUT2D eigenvalue weighted by Crippen LogP contribution is 2.41. The van der Waals surface area contributed by atoms with Crippen LogP contribution in [0.2, 0.25) is 0 Å². The van der Waals surface area contributed by atoms with Crippen LogP contribution in [0, 0.1) is 5.41 Å². The molecular weight excluding hydrogens is 198 g/mol. The second-order valence-electron chi connectivity index (χ2n) is 6.03. The van der Waals surface area contributed by atoms with E-state index in [4.69, 9.17) is 0 Å². The molecule has 0 aromatic heterocycles. The Balaban J connectivity index is 2.01. The van der Waals surface area contributed by atoms with Crippen molar-refractivity contribution >= 4 is 0 Å². The lowest BCUT2D eigenvalue weighted by Gasteiger charge is -2.37. The van der Waals surface area contributed by atoms with Crippen LogP contribution in [0.15, 0.2) is 0 Å². The molecule has 0 aromatic rings. The standard InChI is InChI=1S/C14H27NO/c1-3-13-7-6-12(2)15(13)10-14(11-16)8-4-5-9-14/h12-13,16H,3-11H2,1-2H3. The molecule has 1 saturated heterocycles. The maximum Gasteiger partial charge on any atom is 0.0499 e. The highest BCUT2D eigenvalue weighted by Gasteiger charge is 2.39. The molecule has 2 heteroatoms. The van der Waals surface area contributed by atoms with Crippen LogP contribution in [0.1, 0.15) is 58.8 Å². The van der Waals surface area contributed by atoms with Gasteiger partial charge in [-0.2, -0.15) is 0 Å². The van der Waals surface area contributed by atoms with Crippen LogP contribution in [-0.4, -0.2) is 35.2 Å². The number of hydrogen-bond donors (Lipinski definition) is 1. The van der Waals surface area contributed by atoms with Gasteiger partial charge < -0.3 is 5.11 Å². The monoisotopic (exact) mass is 225 g/mol. The van der Waals surface area contributed by atoms with Gasteiger partial charge in [-0.15, -0.1) is 0 Å². The molecule has 1 aliphatic heterocycles. The zero-order valence-corrected chi connectivity index (χ0v) is 10.9. The molecule has 0 spiro atoms. The Labute approximate surface area is 100 Å². The van der Waals surface area contributed by atoms with Crippen LogP contribution in [0.5, 0.6) is 0 Å². The van der Waals surface area contributed by atoms with Crippen molar-refractivity contribution in [3.8, 4) is 0 Å². The van der Waals surface area contributed by atoms with Crippen molar-refractivity contribution in [2.24, 2.45) is 5.41 Å². The quantitative estimate of drug-likeness (QED) is 0.795. The second kappa shape index (κ2) is 5.05. The third-order valence-electron chi connectivity index (χ3n) is 4.94. The smallest absolute Gasteiger partial charge is 0.0499 e. The lowest BCUT2D eigenvalue weighted by molar-refractivity contribution is 0.0568. The summed E-state index contributed by atoms with van der Waals surface area (Å²) in [5.74, 6) is 0. The van der Waals surface area contributed by atoms with Crippen molar-refractivity contribution in [3.63, 3.8) is 0 Å². The first-order valence-electron chi connectivity index (χ1n) is 7.07. The van der Waals surface area contributed by atoms with Gasteiger partial charge >= 0.3 is 0 Å². The summed E-state index contributed by atoms with van der Waals surface area (Å²) >= 11 is 0. The minimum atomic E-state index is 0.242. The number of hydrogen-bond acceptors (Lipinski definition) is 2. The third kappa shape index (κ3) is 2.28. The first-order chi connectivity index (χ1) is 7.71. The summed E-state index contributed by atoms with van der Waals surface area (Å²) in [4.78, 5) is 2.68. The van der Waals surface area contributed by atoms with E-state index in [1.165, 1.54) is 44.9 Å². The number of aliphatic hydroxyl groups excluding tert-OH is 1. The molecule has 2 atom stereocenters. The first kappa shape index (κ1) is 12.4. The predicted octanol–water partition coefficient (Wildman–Crippen LogP) is 2.80. The minimum absolute atomic E-state index is 0.242. The van der Waals surface area contributed by atoms with Crippen molar-refractivity contribution < 1.29 is 5.11 Å². The molecule has 0 bridgehead atoms. The average molecular weight is 225 g/mol. The van der Waals surface area contributed by atoms with Crippen molar-refractivity contribution in [3.05, 3.63) is 0 Å². The molecule has 2 fully saturated rings. The van der Waals surface area contributed by atoms with E-state index >= 15 is 0 Å². The van der Waals surface area contributed by atoms with E-state index in [2.05, 4.69) is 18.7 Å². The van der Waals surface area contributed by atoms with Crippen LogP contribution in [0.3, 0.4) is 0 Å². The molecule has 1 heterocycles. The molecule has 2 rings (SSSR count). The van der Waals surface area contributed by atoms with E-state index in [9.17, 15) is 5.11 Å².